The first-order chi connectivity index (χ1) is 7.78. The fourth-order valence-electron chi connectivity index (χ4n) is 1.57. The molecule has 1 rings (SSSR count). The van der Waals surface area contributed by atoms with E-state index in [-0.39, 0.29) is 12.5 Å². The molecule has 0 unspecified atom stereocenters. The average molecular weight is 245 g/mol. The maximum absolute atomic E-state index is 11.5. The number of amides is 1. The highest BCUT2D eigenvalue weighted by Gasteiger charge is 2.29. The van der Waals surface area contributed by atoms with E-state index < -0.39 is 23.8 Å². The van der Waals surface area contributed by atoms with E-state index in [2.05, 4.69) is 5.32 Å². The number of aliphatic carboxylic acids is 1. The van der Waals surface area contributed by atoms with E-state index in [1.165, 1.54) is 0 Å². The second-order valence-electron chi connectivity index (χ2n) is 5.07. The van der Waals surface area contributed by atoms with Crippen LogP contribution in [0, 0.1) is 0 Å². The van der Waals surface area contributed by atoms with E-state index in [0.29, 0.717) is 13.0 Å². The Bertz CT molecular complexity index is 297. The standard InChI is InChI=1S/C11H19NO5/c1-11(2,3)17-10(15)12-7-4-5-16-8(6-7)9(13)14/h7-8H,4-6H2,1-3H3,(H,12,15)(H,13,14)/t7-,8-/m1/s1. The molecule has 1 fully saturated rings. The molecule has 0 aromatic carbocycles. The van der Waals surface area contributed by atoms with E-state index in [4.69, 9.17) is 14.6 Å². The Hall–Kier alpha value is -1.30. The van der Waals surface area contributed by atoms with Gasteiger partial charge in [0, 0.05) is 19.1 Å². The van der Waals surface area contributed by atoms with E-state index in [1.807, 2.05) is 0 Å². The van der Waals surface area contributed by atoms with Gasteiger partial charge in [-0.05, 0) is 27.2 Å². The summed E-state index contributed by atoms with van der Waals surface area (Å²) in [6, 6.07) is -0.209. The summed E-state index contributed by atoms with van der Waals surface area (Å²) in [5.74, 6) is -0.999. The zero-order valence-corrected chi connectivity index (χ0v) is 10.4. The summed E-state index contributed by atoms with van der Waals surface area (Å²) in [4.78, 5) is 22.2. The number of carboxylic acids is 1. The number of alkyl carbamates (subject to hydrolysis) is 1. The van der Waals surface area contributed by atoms with Gasteiger partial charge in [0.25, 0.3) is 0 Å². The number of carbonyl (C=O) groups excluding carboxylic acids is 1. The zero-order valence-electron chi connectivity index (χ0n) is 10.4. The molecule has 0 aromatic rings. The van der Waals surface area contributed by atoms with Crippen LogP contribution in [-0.4, -0.2) is 41.5 Å². The fourth-order valence-corrected chi connectivity index (χ4v) is 1.57. The number of ether oxygens (including phenoxy) is 2. The molecule has 0 saturated carbocycles. The lowest BCUT2D eigenvalue weighted by Crippen LogP contribution is -2.45. The summed E-state index contributed by atoms with van der Waals surface area (Å²) in [5, 5.41) is 11.5. The van der Waals surface area contributed by atoms with Crippen molar-refractivity contribution in [2.75, 3.05) is 6.61 Å². The second-order valence-corrected chi connectivity index (χ2v) is 5.07. The van der Waals surface area contributed by atoms with Gasteiger partial charge in [-0.1, -0.05) is 0 Å². The summed E-state index contributed by atoms with van der Waals surface area (Å²) >= 11 is 0. The molecule has 1 saturated heterocycles. The van der Waals surface area contributed by atoms with Crippen LogP contribution in [-0.2, 0) is 14.3 Å². The SMILES string of the molecule is CC(C)(C)OC(=O)N[C@@H]1CCO[C@@H](C(=O)O)C1. The number of hydrogen-bond donors (Lipinski definition) is 2. The maximum atomic E-state index is 11.5. The van der Waals surface area contributed by atoms with Crippen LogP contribution in [0.4, 0.5) is 4.79 Å². The molecule has 6 nitrogen and oxygen atoms in total. The van der Waals surface area contributed by atoms with Crippen LogP contribution in [0.1, 0.15) is 33.6 Å². The molecule has 0 aliphatic carbocycles. The molecule has 1 amide bonds. The zero-order chi connectivity index (χ0) is 13.1. The second kappa shape index (κ2) is 5.35. The van der Waals surface area contributed by atoms with Gasteiger partial charge >= 0.3 is 12.1 Å². The summed E-state index contributed by atoms with van der Waals surface area (Å²) in [7, 11) is 0. The summed E-state index contributed by atoms with van der Waals surface area (Å²) in [6.45, 7) is 5.65. The molecular weight excluding hydrogens is 226 g/mol. The van der Waals surface area contributed by atoms with Crippen LogP contribution < -0.4 is 5.32 Å². The first kappa shape index (κ1) is 13.8. The van der Waals surface area contributed by atoms with Crippen LogP contribution >= 0.6 is 0 Å². The van der Waals surface area contributed by atoms with Gasteiger partial charge in [-0.2, -0.15) is 0 Å². The highest BCUT2D eigenvalue weighted by atomic mass is 16.6. The lowest BCUT2D eigenvalue weighted by Gasteiger charge is -2.28. The largest absolute Gasteiger partial charge is 0.479 e. The minimum Gasteiger partial charge on any atom is -0.479 e. The van der Waals surface area contributed by atoms with Crippen molar-refractivity contribution in [3.8, 4) is 0 Å². The number of nitrogens with one attached hydrogen (secondary N) is 1. The van der Waals surface area contributed by atoms with Crippen LogP contribution in [0.25, 0.3) is 0 Å². The van der Waals surface area contributed by atoms with Crippen LogP contribution in [0.15, 0.2) is 0 Å². The van der Waals surface area contributed by atoms with Gasteiger partial charge in [-0.15, -0.1) is 0 Å². The third kappa shape index (κ3) is 5.04. The van der Waals surface area contributed by atoms with Crippen LogP contribution in [0.3, 0.4) is 0 Å². The highest BCUT2D eigenvalue weighted by Crippen LogP contribution is 2.15. The molecule has 2 atom stereocenters. The molecule has 1 aliphatic rings. The molecule has 0 spiro atoms. The Labute approximate surface area is 100 Å². The minimum absolute atomic E-state index is 0.209. The van der Waals surface area contributed by atoms with Crippen molar-refractivity contribution >= 4 is 12.1 Å². The third-order valence-electron chi connectivity index (χ3n) is 2.28. The van der Waals surface area contributed by atoms with E-state index in [9.17, 15) is 9.59 Å². The topological polar surface area (TPSA) is 84.9 Å². The summed E-state index contributed by atoms with van der Waals surface area (Å²) in [6.07, 6.45) is -0.491. The summed E-state index contributed by atoms with van der Waals surface area (Å²) < 4.78 is 10.2. The number of carbonyl (C=O) groups is 2. The van der Waals surface area contributed by atoms with Gasteiger partial charge in [0.05, 0.1) is 0 Å². The quantitative estimate of drug-likeness (QED) is 0.762. The van der Waals surface area contributed by atoms with Crippen molar-refractivity contribution in [2.24, 2.45) is 0 Å². The number of carboxylic acid groups (broad SMARTS) is 1. The van der Waals surface area contributed by atoms with Crippen molar-refractivity contribution in [1.82, 2.24) is 5.32 Å². The van der Waals surface area contributed by atoms with Gasteiger partial charge < -0.3 is 19.9 Å². The minimum atomic E-state index is -0.999. The van der Waals surface area contributed by atoms with Crippen molar-refractivity contribution < 1.29 is 24.2 Å². The molecule has 1 heterocycles. The Balaban J connectivity index is 2.41. The molecule has 0 bridgehead atoms. The predicted octanol–water partition coefficient (Wildman–Crippen LogP) is 1.14. The predicted molar refractivity (Wildman–Crippen MR) is 59.8 cm³/mol. The van der Waals surface area contributed by atoms with Crippen LogP contribution in [0.5, 0.6) is 0 Å². The van der Waals surface area contributed by atoms with E-state index >= 15 is 0 Å². The van der Waals surface area contributed by atoms with Crippen molar-refractivity contribution in [3.63, 3.8) is 0 Å². The monoisotopic (exact) mass is 245 g/mol. The maximum Gasteiger partial charge on any atom is 0.407 e. The van der Waals surface area contributed by atoms with Crippen LogP contribution in [0.2, 0.25) is 0 Å². The molecule has 2 N–H and O–H groups in total. The number of hydrogen-bond acceptors (Lipinski definition) is 4. The molecule has 0 aromatic heterocycles. The molecular formula is C11H19NO5. The molecule has 17 heavy (non-hydrogen) atoms. The van der Waals surface area contributed by atoms with Gasteiger partial charge in [-0.3, -0.25) is 0 Å². The molecule has 6 heteroatoms. The van der Waals surface area contributed by atoms with Gasteiger partial charge in [0.2, 0.25) is 0 Å². The Morgan fingerprint density at radius 3 is 2.59 bits per heavy atom. The highest BCUT2D eigenvalue weighted by molar-refractivity contribution is 5.73. The third-order valence-corrected chi connectivity index (χ3v) is 2.28. The Morgan fingerprint density at radius 1 is 1.41 bits per heavy atom. The van der Waals surface area contributed by atoms with Crippen molar-refractivity contribution in [2.45, 2.75) is 51.4 Å². The lowest BCUT2D eigenvalue weighted by atomic mass is 10.0. The smallest absolute Gasteiger partial charge is 0.407 e. The molecule has 98 valence electrons. The Kier molecular flexibility index (Phi) is 4.34. The molecule has 1 aliphatic heterocycles. The van der Waals surface area contributed by atoms with E-state index in [1.54, 1.807) is 20.8 Å². The summed E-state index contributed by atoms with van der Waals surface area (Å²) in [5.41, 5.74) is -0.554. The van der Waals surface area contributed by atoms with Gasteiger partial charge in [-0.25, -0.2) is 9.59 Å². The normalized spacial score (nSPS) is 25.1. The number of rotatable bonds is 2. The van der Waals surface area contributed by atoms with Gasteiger partial charge in [0.1, 0.15) is 5.60 Å². The first-order valence-electron chi connectivity index (χ1n) is 5.62. The average Bonchev–Trinajstić information content (AvgIpc) is 2.14. The lowest BCUT2D eigenvalue weighted by molar-refractivity contribution is -0.154. The van der Waals surface area contributed by atoms with Crippen molar-refractivity contribution in [3.05, 3.63) is 0 Å². The molecule has 0 radical (unpaired) electrons. The Morgan fingerprint density at radius 2 is 2.06 bits per heavy atom. The van der Waals surface area contributed by atoms with E-state index in [0.717, 1.165) is 0 Å². The first-order valence-corrected chi connectivity index (χ1v) is 5.62. The van der Waals surface area contributed by atoms with Crippen molar-refractivity contribution in [1.29, 1.82) is 0 Å². The van der Waals surface area contributed by atoms with Gasteiger partial charge in [0.15, 0.2) is 6.10 Å². The fraction of sp³-hybridized carbons (Fsp3) is 0.818.